The lowest BCUT2D eigenvalue weighted by Gasteiger charge is -2.37. The molecule has 0 spiro atoms. The summed E-state index contributed by atoms with van der Waals surface area (Å²) in [5.74, 6) is -0.0178. The van der Waals surface area contributed by atoms with Crippen LogP contribution in [0, 0.1) is 0 Å². The van der Waals surface area contributed by atoms with Gasteiger partial charge in [-0.15, -0.1) is 0 Å². The summed E-state index contributed by atoms with van der Waals surface area (Å²) in [6, 6.07) is 7.68. The molecule has 27 heavy (non-hydrogen) atoms. The Hall–Kier alpha value is -1.47. The minimum Gasteiger partial charge on any atom is -0.390 e. The van der Waals surface area contributed by atoms with E-state index in [0.29, 0.717) is 25.1 Å². The van der Waals surface area contributed by atoms with Gasteiger partial charge in [0.2, 0.25) is 0 Å². The number of carbonyl (C=O) groups is 1. The number of amides is 1. The second-order valence-corrected chi connectivity index (χ2v) is 8.70. The Kier molecular flexibility index (Phi) is 6.21. The molecule has 0 unspecified atom stereocenters. The SMILES string of the molecule is CN1CCN([C@H]2CN(C(=O)c3cccc(CCC(C)(C)O)c3)C[C@@H]2O)CC1. The van der Waals surface area contributed by atoms with Crippen molar-refractivity contribution in [3.63, 3.8) is 0 Å². The number of likely N-dealkylation sites (N-methyl/N-ethyl adjacent to an activating group) is 1. The molecule has 3 rings (SSSR count). The Balaban J connectivity index is 1.62. The molecule has 2 N–H and O–H groups in total. The van der Waals surface area contributed by atoms with Gasteiger partial charge < -0.3 is 20.0 Å². The molecule has 1 aromatic rings. The van der Waals surface area contributed by atoms with Crippen molar-refractivity contribution in [2.75, 3.05) is 46.3 Å². The number of nitrogens with zero attached hydrogens (tertiary/aromatic N) is 3. The summed E-state index contributed by atoms with van der Waals surface area (Å²) in [4.78, 5) is 19.4. The highest BCUT2D eigenvalue weighted by Gasteiger charge is 2.38. The normalized spacial score (nSPS) is 25.1. The molecule has 2 atom stereocenters. The summed E-state index contributed by atoms with van der Waals surface area (Å²) in [5.41, 5.74) is 1.00. The van der Waals surface area contributed by atoms with Gasteiger partial charge in [0.1, 0.15) is 0 Å². The second-order valence-electron chi connectivity index (χ2n) is 8.70. The standard InChI is InChI=1S/C21H33N3O3/c1-21(2,27)8-7-16-5-4-6-17(13-16)20(26)24-14-18(19(25)15-24)23-11-9-22(3)10-12-23/h4-6,13,18-19,25,27H,7-12,14-15H2,1-3H3/t18-,19-/m0/s1. The van der Waals surface area contributed by atoms with Crippen LogP contribution in [0.5, 0.6) is 0 Å². The third-order valence-electron chi connectivity index (χ3n) is 5.75. The van der Waals surface area contributed by atoms with E-state index in [1.165, 1.54) is 0 Å². The van der Waals surface area contributed by atoms with Crippen molar-refractivity contribution in [2.45, 2.75) is 44.4 Å². The maximum atomic E-state index is 13.0. The molecule has 0 aliphatic carbocycles. The van der Waals surface area contributed by atoms with Gasteiger partial charge in [-0.25, -0.2) is 0 Å². The van der Waals surface area contributed by atoms with Crippen LogP contribution in [0.3, 0.4) is 0 Å². The van der Waals surface area contributed by atoms with Crippen molar-refractivity contribution < 1.29 is 15.0 Å². The predicted molar refractivity (Wildman–Crippen MR) is 106 cm³/mol. The number of hydrogen-bond acceptors (Lipinski definition) is 5. The van der Waals surface area contributed by atoms with Gasteiger partial charge in [-0.1, -0.05) is 12.1 Å². The zero-order valence-corrected chi connectivity index (χ0v) is 16.8. The molecule has 1 amide bonds. The smallest absolute Gasteiger partial charge is 0.254 e. The number of piperazine rings is 1. The van der Waals surface area contributed by atoms with E-state index in [4.69, 9.17) is 0 Å². The fourth-order valence-corrected chi connectivity index (χ4v) is 3.94. The number of β-amino-alcohol motifs (C(OH)–C–C–N with tert-alkyl or cyclic N) is 1. The molecular formula is C21H33N3O3. The van der Waals surface area contributed by atoms with Gasteiger partial charge in [-0.2, -0.15) is 0 Å². The predicted octanol–water partition coefficient (Wildman–Crippen LogP) is 0.823. The first-order chi connectivity index (χ1) is 12.7. The minimum absolute atomic E-state index is 0.0178. The largest absolute Gasteiger partial charge is 0.390 e. The van der Waals surface area contributed by atoms with Gasteiger partial charge in [0.15, 0.2) is 0 Å². The molecule has 6 nitrogen and oxygen atoms in total. The van der Waals surface area contributed by atoms with Gasteiger partial charge in [0.05, 0.1) is 17.7 Å². The lowest BCUT2D eigenvalue weighted by molar-refractivity contribution is 0.0512. The maximum Gasteiger partial charge on any atom is 0.254 e. The van der Waals surface area contributed by atoms with Gasteiger partial charge >= 0.3 is 0 Å². The van der Waals surface area contributed by atoms with Crippen molar-refractivity contribution in [2.24, 2.45) is 0 Å². The van der Waals surface area contributed by atoms with Crippen LogP contribution in [0.25, 0.3) is 0 Å². The summed E-state index contributed by atoms with van der Waals surface area (Å²) in [7, 11) is 2.11. The van der Waals surface area contributed by atoms with Crippen molar-refractivity contribution in [1.82, 2.24) is 14.7 Å². The lowest BCUT2D eigenvalue weighted by Crippen LogP contribution is -2.52. The number of likely N-dealkylation sites (tertiary alicyclic amines) is 1. The van der Waals surface area contributed by atoms with Gasteiger partial charge in [0.25, 0.3) is 5.91 Å². The summed E-state index contributed by atoms with van der Waals surface area (Å²) >= 11 is 0. The number of benzene rings is 1. The number of rotatable bonds is 5. The van der Waals surface area contributed by atoms with E-state index >= 15 is 0 Å². The highest BCUT2D eigenvalue weighted by molar-refractivity contribution is 5.94. The topological polar surface area (TPSA) is 67.2 Å². The monoisotopic (exact) mass is 375 g/mol. The lowest BCUT2D eigenvalue weighted by atomic mass is 9.98. The Morgan fingerprint density at radius 3 is 2.56 bits per heavy atom. The van der Waals surface area contributed by atoms with Crippen molar-refractivity contribution >= 4 is 5.91 Å². The van der Waals surface area contributed by atoms with Crippen molar-refractivity contribution in [3.05, 3.63) is 35.4 Å². The first-order valence-electron chi connectivity index (χ1n) is 9.94. The zero-order chi connectivity index (χ0) is 19.6. The fourth-order valence-electron chi connectivity index (χ4n) is 3.94. The first-order valence-corrected chi connectivity index (χ1v) is 9.94. The highest BCUT2D eigenvalue weighted by Crippen LogP contribution is 2.21. The Labute approximate surface area is 162 Å². The molecule has 0 radical (unpaired) electrons. The molecule has 0 aromatic heterocycles. The van der Waals surface area contributed by atoms with E-state index in [2.05, 4.69) is 16.8 Å². The van der Waals surface area contributed by atoms with Crippen LogP contribution in [-0.2, 0) is 6.42 Å². The maximum absolute atomic E-state index is 13.0. The third kappa shape index (κ3) is 5.29. The van der Waals surface area contributed by atoms with Crippen LogP contribution in [0.1, 0.15) is 36.2 Å². The van der Waals surface area contributed by atoms with E-state index in [0.717, 1.165) is 38.2 Å². The molecule has 0 saturated carbocycles. The van der Waals surface area contributed by atoms with Crippen LogP contribution in [0.2, 0.25) is 0 Å². The first kappa shape index (κ1) is 20.3. The number of aliphatic hydroxyl groups excluding tert-OH is 1. The van der Waals surface area contributed by atoms with Crippen LogP contribution in [0.4, 0.5) is 0 Å². The molecule has 2 aliphatic heterocycles. The Bertz CT molecular complexity index is 650. The summed E-state index contributed by atoms with van der Waals surface area (Å²) in [6.07, 6.45) is 0.895. The van der Waals surface area contributed by atoms with E-state index < -0.39 is 11.7 Å². The molecule has 1 aromatic carbocycles. The molecule has 6 heteroatoms. The Morgan fingerprint density at radius 2 is 1.89 bits per heavy atom. The highest BCUT2D eigenvalue weighted by atomic mass is 16.3. The summed E-state index contributed by atoms with van der Waals surface area (Å²) in [5, 5.41) is 20.4. The van der Waals surface area contributed by atoms with E-state index in [-0.39, 0.29) is 11.9 Å². The van der Waals surface area contributed by atoms with E-state index in [1.54, 1.807) is 18.7 Å². The van der Waals surface area contributed by atoms with Crippen molar-refractivity contribution in [3.8, 4) is 0 Å². The summed E-state index contributed by atoms with van der Waals surface area (Å²) in [6.45, 7) is 8.44. The zero-order valence-electron chi connectivity index (χ0n) is 16.8. The minimum atomic E-state index is -0.713. The molecule has 0 bridgehead atoms. The molecular weight excluding hydrogens is 342 g/mol. The van der Waals surface area contributed by atoms with E-state index in [9.17, 15) is 15.0 Å². The number of carbonyl (C=O) groups excluding carboxylic acids is 1. The number of hydrogen-bond donors (Lipinski definition) is 2. The van der Waals surface area contributed by atoms with Crippen LogP contribution >= 0.6 is 0 Å². The van der Waals surface area contributed by atoms with E-state index in [1.807, 2.05) is 24.3 Å². The molecule has 2 fully saturated rings. The molecule has 150 valence electrons. The number of aliphatic hydroxyl groups is 2. The fraction of sp³-hybridized carbons (Fsp3) is 0.667. The Morgan fingerprint density at radius 1 is 1.19 bits per heavy atom. The van der Waals surface area contributed by atoms with Crippen LogP contribution in [-0.4, -0.2) is 94.9 Å². The van der Waals surface area contributed by atoms with Crippen LogP contribution in [0.15, 0.2) is 24.3 Å². The molecule has 2 aliphatic rings. The quantitative estimate of drug-likeness (QED) is 0.798. The van der Waals surface area contributed by atoms with Gasteiger partial charge in [-0.3, -0.25) is 9.69 Å². The van der Waals surface area contributed by atoms with Crippen molar-refractivity contribution in [1.29, 1.82) is 0 Å². The van der Waals surface area contributed by atoms with Crippen LogP contribution < -0.4 is 0 Å². The molecule has 2 heterocycles. The van der Waals surface area contributed by atoms with Gasteiger partial charge in [-0.05, 0) is 51.4 Å². The third-order valence-corrected chi connectivity index (χ3v) is 5.75. The number of aryl methyl sites for hydroxylation is 1. The summed E-state index contributed by atoms with van der Waals surface area (Å²) < 4.78 is 0. The average Bonchev–Trinajstić information content (AvgIpc) is 3.01. The average molecular weight is 376 g/mol. The molecule has 2 saturated heterocycles. The van der Waals surface area contributed by atoms with Gasteiger partial charge in [0, 0.05) is 44.8 Å². The second kappa shape index (κ2) is 8.27.